The summed E-state index contributed by atoms with van der Waals surface area (Å²) in [5, 5.41) is -5.78. The van der Waals surface area contributed by atoms with Crippen LogP contribution in [0, 0.1) is 0 Å². The van der Waals surface area contributed by atoms with Crippen molar-refractivity contribution in [3.63, 3.8) is 0 Å². The molecule has 0 aliphatic heterocycles. The molecule has 3 nitrogen and oxygen atoms in total. The van der Waals surface area contributed by atoms with Gasteiger partial charge in [0.1, 0.15) is 0 Å². The van der Waals surface area contributed by atoms with Crippen molar-refractivity contribution in [1.82, 2.24) is 3.97 Å². The summed E-state index contributed by atoms with van der Waals surface area (Å²) in [5.41, 5.74) is -0.317. The Balaban J connectivity index is 2.67. The van der Waals surface area contributed by atoms with E-state index in [0.717, 1.165) is 12.1 Å². The van der Waals surface area contributed by atoms with Gasteiger partial charge in [0, 0.05) is 11.6 Å². The molecule has 0 saturated carbocycles. The number of benzene rings is 1. The molecule has 1 aromatic heterocycles. The van der Waals surface area contributed by atoms with Crippen molar-refractivity contribution in [2.24, 2.45) is 0 Å². The van der Waals surface area contributed by atoms with Crippen LogP contribution in [0.5, 0.6) is 0 Å². The maximum atomic E-state index is 13.5. The van der Waals surface area contributed by atoms with Crippen molar-refractivity contribution in [3.05, 3.63) is 36.5 Å². The minimum absolute atomic E-state index is 0.126. The maximum Gasteiger partial charge on any atom is 0.431 e. The van der Waals surface area contributed by atoms with E-state index in [1.165, 1.54) is 18.2 Å². The molecule has 10 heteroatoms. The van der Waals surface area contributed by atoms with Gasteiger partial charge in [-0.1, -0.05) is 18.2 Å². The Morgan fingerprint density at radius 1 is 1.00 bits per heavy atom. The summed E-state index contributed by atoms with van der Waals surface area (Å²) >= 11 is 0. The lowest BCUT2D eigenvalue weighted by molar-refractivity contribution is -0.225. The molecule has 1 aromatic carbocycles. The van der Waals surface area contributed by atoms with E-state index in [9.17, 15) is 34.8 Å². The molecule has 0 atom stereocenters. The van der Waals surface area contributed by atoms with Crippen LogP contribution < -0.4 is 0 Å². The average Bonchev–Trinajstić information content (AvgIpc) is 2.82. The fraction of sp³-hybridized carbons (Fsp3) is 0.273. The third-order valence-electron chi connectivity index (χ3n) is 2.81. The van der Waals surface area contributed by atoms with Gasteiger partial charge in [0.15, 0.2) is 0 Å². The first-order valence-corrected chi connectivity index (χ1v) is 6.82. The van der Waals surface area contributed by atoms with Gasteiger partial charge < -0.3 is 0 Å². The van der Waals surface area contributed by atoms with E-state index in [-0.39, 0.29) is 14.9 Å². The number of alkyl halides is 6. The minimum Gasteiger partial charge on any atom is -0.240 e. The van der Waals surface area contributed by atoms with Crippen molar-refractivity contribution in [2.45, 2.75) is 17.6 Å². The van der Waals surface area contributed by atoms with E-state index < -0.39 is 27.6 Å². The zero-order chi connectivity index (χ0) is 16.1. The zero-order valence-electron chi connectivity index (χ0n) is 9.98. The highest BCUT2D eigenvalue weighted by Gasteiger charge is 2.71. The summed E-state index contributed by atoms with van der Waals surface area (Å²) in [6.45, 7) is 0. The van der Waals surface area contributed by atoms with Crippen LogP contribution >= 0.6 is 0 Å². The van der Waals surface area contributed by atoms with Gasteiger partial charge in [0.25, 0.3) is 0 Å². The van der Waals surface area contributed by atoms with Crippen molar-refractivity contribution < 1.29 is 34.8 Å². The number of fused-ring (bicyclic) bond motifs is 1. The Morgan fingerprint density at radius 2 is 1.57 bits per heavy atom. The molecule has 0 radical (unpaired) electrons. The second kappa shape index (κ2) is 4.65. The summed E-state index contributed by atoms with van der Waals surface area (Å²) in [5.74, 6) is -6.02. The number of hydrogen-bond acceptors (Lipinski definition) is 2. The Kier molecular flexibility index (Phi) is 3.47. The molecule has 0 amide bonds. The Hall–Kier alpha value is -1.71. The number of rotatable bonds is 4. The number of aromatic nitrogens is 1. The van der Waals surface area contributed by atoms with Crippen LogP contribution in [0.4, 0.5) is 26.3 Å². The second-order valence-corrected chi connectivity index (χ2v) is 5.97. The summed E-state index contributed by atoms with van der Waals surface area (Å²) in [6.07, 6.45) is -4.22. The van der Waals surface area contributed by atoms with E-state index in [2.05, 4.69) is 0 Å². The first-order chi connectivity index (χ1) is 9.53. The standard InChI is InChI=1S/C11H7F6NO2S/c12-9(13)10(14,15)11(16,17)21(19,20)18-6-5-7-3-1-2-4-8(7)18/h1-6,9H. The molecule has 0 aliphatic carbocycles. The fourth-order valence-corrected chi connectivity index (χ4v) is 3.02. The first-order valence-electron chi connectivity index (χ1n) is 5.38. The molecular weight excluding hydrogens is 324 g/mol. The van der Waals surface area contributed by atoms with Crippen LogP contribution in [0.25, 0.3) is 10.9 Å². The monoisotopic (exact) mass is 331 g/mol. The van der Waals surface area contributed by atoms with Gasteiger partial charge in [-0.3, -0.25) is 0 Å². The van der Waals surface area contributed by atoms with Crippen LogP contribution in [-0.2, 0) is 10.0 Å². The summed E-state index contributed by atoms with van der Waals surface area (Å²) in [4.78, 5) is 0. The number of para-hydroxylation sites is 1. The van der Waals surface area contributed by atoms with Crippen molar-refractivity contribution in [2.75, 3.05) is 0 Å². The highest BCUT2D eigenvalue weighted by atomic mass is 32.2. The van der Waals surface area contributed by atoms with Crippen LogP contribution in [-0.4, -0.2) is 30.0 Å². The number of nitrogens with zero attached hydrogens (tertiary/aromatic N) is 1. The van der Waals surface area contributed by atoms with Gasteiger partial charge in [0.2, 0.25) is 0 Å². The van der Waals surface area contributed by atoms with E-state index in [1.54, 1.807) is 0 Å². The van der Waals surface area contributed by atoms with E-state index in [0.29, 0.717) is 6.20 Å². The van der Waals surface area contributed by atoms with Gasteiger partial charge in [-0.2, -0.15) is 26.0 Å². The lowest BCUT2D eigenvalue weighted by atomic mass is 10.3. The lowest BCUT2D eigenvalue weighted by Gasteiger charge is -2.25. The van der Waals surface area contributed by atoms with Gasteiger partial charge in [-0.15, -0.1) is 0 Å². The normalized spacial score (nSPS) is 14.0. The fourth-order valence-electron chi connectivity index (χ4n) is 1.69. The Labute approximate surface area is 114 Å². The zero-order valence-corrected chi connectivity index (χ0v) is 10.8. The van der Waals surface area contributed by atoms with Crippen molar-refractivity contribution in [1.29, 1.82) is 0 Å². The third-order valence-corrected chi connectivity index (χ3v) is 4.57. The maximum absolute atomic E-state index is 13.5. The van der Waals surface area contributed by atoms with Crippen molar-refractivity contribution >= 4 is 20.9 Å². The van der Waals surface area contributed by atoms with Gasteiger partial charge >= 0.3 is 27.6 Å². The minimum atomic E-state index is -6.07. The highest BCUT2D eigenvalue weighted by molar-refractivity contribution is 7.91. The Bertz CT molecular complexity index is 768. The lowest BCUT2D eigenvalue weighted by Crippen LogP contribution is -2.53. The van der Waals surface area contributed by atoms with Gasteiger partial charge in [-0.05, 0) is 12.1 Å². The number of hydrogen-bond donors (Lipinski definition) is 0. The molecule has 0 spiro atoms. The average molecular weight is 331 g/mol. The second-order valence-electron chi connectivity index (χ2n) is 4.12. The van der Waals surface area contributed by atoms with E-state index >= 15 is 0 Å². The molecule has 116 valence electrons. The molecule has 0 fully saturated rings. The first kappa shape index (κ1) is 15.7. The largest absolute Gasteiger partial charge is 0.431 e. The molecule has 0 aliphatic rings. The topological polar surface area (TPSA) is 39.1 Å². The van der Waals surface area contributed by atoms with Gasteiger partial charge in [0.05, 0.1) is 5.52 Å². The van der Waals surface area contributed by atoms with E-state index in [4.69, 9.17) is 0 Å². The molecule has 0 N–H and O–H groups in total. The third kappa shape index (κ3) is 2.08. The molecule has 0 saturated heterocycles. The molecule has 2 aromatic rings. The molecule has 0 bridgehead atoms. The van der Waals surface area contributed by atoms with Gasteiger partial charge in [-0.25, -0.2) is 12.8 Å². The van der Waals surface area contributed by atoms with E-state index in [1.807, 2.05) is 0 Å². The smallest absolute Gasteiger partial charge is 0.240 e. The summed E-state index contributed by atoms with van der Waals surface area (Å²) in [7, 11) is -6.07. The Morgan fingerprint density at radius 3 is 2.14 bits per heavy atom. The summed E-state index contributed by atoms with van der Waals surface area (Å²) < 4.78 is 100. The number of halogens is 6. The highest BCUT2D eigenvalue weighted by Crippen LogP contribution is 2.44. The van der Waals surface area contributed by atoms with Crippen LogP contribution in [0.3, 0.4) is 0 Å². The molecule has 0 unspecified atom stereocenters. The van der Waals surface area contributed by atoms with Crippen molar-refractivity contribution in [3.8, 4) is 0 Å². The molecule has 1 heterocycles. The summed E-state index contributed by atoms with van der Waals surface area (Å²) in [6, 6.07) is 6.28. The van der Waals surface area contributed by atoms with Crippen LogP contribution in [0.15, 0.2) is 36.5 Å². The molecule has 2 rings (SSSR count). The van der Waals surface area contributed by atoms with Crippen LogP contribution in [0.2, 0.25) is 0 Å². The van der Waals surface area contributed by atoms with Crippen LogP contribution in [0.1, 0.15) is 0 Å². The predicted octanol–water partition coefficient (Wildman–Crippen LogP) is 3.31. The predicted molar refractivity (Wildman–Crippen MR) is 62.2 cm³/mol. The quantitative estimate of drug-likeness (QED) is 0.807. The SMILES string of the molecule is O=S(=O)(n1ccc2ccccc21)C(F)(F)C(F)(F)C(F)F. The molecular formula is C11H7F6NO2S. The molecule has 21 heavy (non-hydrogen) atoms.